The van der Waals surface area contributed by atoms with Crippen molar-refractivity contribution >= 4 is 17.5 Å². The Morgan fingerprint density at radius 2 is 2.05 bits per heavy atom. The number of aromatic nitrogens is 5. The highest BCUT2D eigenvalue weighted by Crippen LogP contribution is 2.41. The minimum atomic E-state index is -0.994. The van der Waals surface area contributed by atoms with E-state index in [0.29, 0.717) is 60.2 Å². The van der Waals surface area contributed by atoms with E-state index in [1.54, 1.807) is 44.5 Å². The lowest BCUT2D eigenvalue weighted by Crippen LogP contribution is -2.50. The predicted molar refractivity (Wildman–Crippen MR) is 142 cm³/mol. The van der Waals surface area contributed by atoms with E-state index in [1.165, 1.54) is 10.9 Å². The van der Waals surface area contributed by atoms with Gasteiger partial charge in [-0.25, -0.2) is 19.0 Å². The lowest BCUT2D eigenvalue weighted by atomic mass is 9.76. The third kappa shape index (κ3) is 5.55. The van der Waals surface area contributed by atoms with Crippen molar-refractivity contribution < 1.29 is 18.4 Å². The van der Waals surface area contributed by atoms with Crippen LogP contribution in [0.5, 0.6) is 0 Å². The number of hydrogen-bond acceptors (Lipinski definition) is 9. The Hall–Kier alpha value is -4.63. The van der Waals surface area contributed by atoms with Crippen LogP contribution in [0, 0.1) is 24.1 Å². The molecule has 1 aliphatic carbocycles. The zero-order valence-corrected chi connectivity index (χ0v) is 22.4. The molecule has 0 spiro atoms. The summed E-state index contributed by atoms with van der Waals surface area (Å²) in [7, 11) is 1.55. The van der Waals surface area contributed by atoms with Crippen LogP contribution >= 0.6 is 0 Å². The summed E-state index contributed by atoms with van der Waals surface area (Å²) in [6.45, 7) is 3.67. The van der Waals surface area contributed by atoms with Crippen LogP contribution in [0.15, 0.2) is 53.4 Å². The number of nitriles is 1. The van der Waals surface area contributed by atoms with Gasteiger partial charge in [-0.1, -0.05) is 11.2 Å². The Balaban J connectivity index is 1.24. The fraction of sp³-hybridized carbons (Fsp3) is 0.357. The number of hydrogen-bond donors (Lipinski definition) is 2. The first-order chi connectivity index (χ1) is 19.3. The van der Waals surface area contributed by atoms with Crippen molar-refractivity contribution in [1.29, 1.82) is 5.26 Å². The third-order valence-corrected chi connectivity index (χ3v) is 7.32. The average Bonchev–Trinajstić information content (AvgIpc) is 3.60. The van der Waals surface area contributed by atoms with Crippen LogP contribution in [-0.4, -0.2) is 43.5 Å². The number of aryl methyl sites for hydroxylation is 1. The van der Waals surface area contributed by atoms with Crippen molar-refractivity contribution in [3.63, 3.8) is 0 Å². The summed E-state index contributed by atoms with van der Waals surface area (Å²) >= 11 is 0. The highest BCUT2D eigenvalue weighted by atomic mass is 19.1. The van der Waals surface area contributed by atoms with Crippen molar-refractivity contribution in [3.8, 4) is 11.9 Å². The van der Waals surface area contributed by atoms with Gasteiger partial charge in [-0.15, -0.1) is 0 Å². The van der Waals surface area contributed by atoms with Crippen molar-refractivity contribution in [2.75, 3.05) is 12.4 Å². The number of carbonyl (C=O) groups excluding carboxylic acids is 1. The van der Waals surface area contributed by atoms with E-state index in [0.717, 1.165) is 11.8 Å². The molecule has 0 aliphatic heterocycles. The van der Waals surface area contributed by atoms with E-state index >= 15 is 0 Å². The summed E-state index contributed by atoms with van der Waals surface area (Å²) in [6.07, 6.45) is 6.18. The molecule has 2 N–H and O–H groups in total. The second-order valence-electron chi connectivity index (χ2n) is 9.91. The molecule has 0 aromatic carbocycles. The zero-order chi connectivity index (χ0) is 28.3. The molecular formula is C28H29FN8O3. The van der Waals surface area contributed by atoms with Crippen LogP contribution in [-0.2, 0) is 9.53 Å². The maximum absolute atomic E-state index is 13.4. The number of nitrogens with zero attached hydrogens (tertiary/aromatic N) is 6. The van der Waals surface area contributed by atoms with Crippen LogP contribution in [0.2, 0.25) is 0 Å². The molecule has 4 heterocycles. The fourth-order valence-corrected chi connectivity index (χ4v) is 5.02. The van der Waals surface area contributed by atoms with Crippen molar-refractivity contribution in [3.05, 3.63) is 77.3 Å². The van der Waals surface area contributed by atoms with Gasteiger partial charge in [0.05, 0.1) is 29.7 Å². The SMILES string of the molecule is CO[C@]1(C(=O)N[C@@H](C)c2ccc(-n3cc(F)cn3)nc2)CC[C@H](c2nc(Nc3cc(C)on3)ccc2C#N)CC1. The summed E-state index contributed by atoms with van der Waals surface area (Å²) in [5.74, 6) is 1.59. The van der Waals surface area contributed by atoms with Gasteiger partial charge in [-0.3, -0.25) is 4.79 Å². The Bertz CT molecular complexity index is 1530. The van der Waals surface area contributed by atoms with Crippen molar-refractivity contribution in [2.45, 2.75) is 57.1 Å². The van der Waals surface area contributed by atoms with Gasteiger partial charge in [-0.2, -0.15) is 10.4 Å². The quantitative estimate of drug-likeness (QED) is 0.324. The number of ether oxygens (including phenoxy) is 1. The first-order valence-electron chi connectivity index (χ1n) is 12.9. The van der Waals surface area contributed by atoms with Crippen LogP contribution in [0.3, 0.4) is 0 Å². The minimum absolute atomic E-state index is 0.00665. The summed E-state index contributed by atoms with van der Waals surface area (Å²) in [4.78, 5) is 22.5. The molecule has 206 valence electrons. The Morgan fingerprint density at radius 1 is 1.25 bits per heavy atom. The van der Waals surface area contributed by atoms with E-state index in [-0.39, 0.29) is 17.9 Å². The van der Waals surface area contributed by atoms with Gasteiger partial charge in [0.2, 0.25) is 0 Å². The molecule has 0 radical (unpaired) electrons. The van der Waals surface area contributed by atoms with Crippen molar-refractivity contribution in [2.24, 2.45) is 0 Å². The number of carbonyl (C=O) groups is 1. The van der Waals surface area contributed by atoms with E-state index in [9.17, 15) is 14.4 Å². The largest absolute Gasteiger partial charge is 0.368 e. The number of anilines is 2. The molecule has 40 heavy (non-hydrogen) atoms. The average molecular weight is 545 g/mol. The van der Waals surface area contributed by atoms with Crippen LogP contribution < -0.4 is 10.6 Å². The minimum Gasteiger partial charge on any atom is -0.368 e. The molecule has 1 fully saturated rings. The highest BCUT2D eigenvalue weighted by Gasteiger charge is 2.43. The molecule has 1 saturated carbocycles. The van der Waals surface area contributed by atoms with Crippen molar-refractivity contribution in [1.82, 2.24) is 30.2 Å². The molecule has 1 atom stereocenters. The van der Waals surface area contributed by atoms with Gasteiger partial charge in [0.25, 0.3) is 5.91 Å². The number of pyridine rings is 2. The maximum atomic E-state index is 13.4. The Labute approximate surface area is 230 Å². The van der Waals surface area contributed by atoms with Crippen LogP contribution in [0.25, 0.3) is 5.82 Å². The maximum Gasteiger partial charge on any atom is 0.252 e. The predicted octanol–water partition coefficient (Wildman–Crippen LogP) is 4.63. The van der Waals surface area contributed by atoms with E-state index < -0.39 is 11.4 Å². The smallest absolute Gasteiger partial charge is 0.252 e. The van der Waals surface area contributed by atoms with Gasteiger partial charge >= 0.3 is 0 Å². The monoisotopic (exact) mass is 544 g/mol. The fourth-order valence-electron chi connectivity index (χ4n) is 5.02. The standard InChI is InChI=1S/C28H29FN8O3/c1-17-12-24(36-40-17)34-23-6-4-20(13-30)26(35-23)19-8-10-28(39-3,11-9-19)27(38)33-18(2)21-5-7-25(31-14-21)37-16-22(29)15-32-37/h4-7,12,14-16,18-19H,8-11H2,1-3H3,(H,33,38)(H,34,35,36)/t18-,19-,28+/m0/s1. The molecule has 12 heteroatoms. The van der Waals surface area contributed by atoms with Gasteiger partial charge < -0.3 is 19.9 Å². The van der Waals surface area contributed by atoms with Gasteiger partial charge in [0, 0.05) is 25.3 Å². The highest BCUT2D eigenvalue weighted by molar-refractivity contribution is 5.85. The molecule has 0 unspecified atom stereocenters. The Kier molecular flexibility index (Phi) is 7.57. The van der Waals surface area contributed by atoms with E-state index in [4.69, 9.17) is 14.2 Å². The second kappa shape index (κ2) is 11.2. The van der Waals surface area contributed by atoms with Crippen LogP contribution in [0.4, 0.5) is 16.0 Å². The molecule has 0 saturated heterocycles. The third-order valence-electron chi connectivity index (χ3n) is 7.32. The molecule has 4 aromatic heterocycles. The summed E-state index contributed by atoms with van der Waals surface area (Å²) < 4.78 is 25.5. The summed E-state index contributed by atoms with van der Waals surface area (Å²) in [5.41, 5.74) is 0.989. The molecule has 5 rings (SSSR count). The number of methoxy groups -OCH3 is 1. The number of rotatable bonds is 8. The first-order valence-corrected chi connectivity index (χ1v) is 12.9. The van der Waals surface area contributed by atoms with Gasteiger partial charge in [0.1, 0.15) is 23.2 Å². The number of halogens is 1. The number of nitrogens with one attached hydrogen (secondary N) is 2. The molecule has 11 nitrogen and oxygen atoms in total. The molecule has 1 amide bonds. The van der Waals surface area contributed by atoms with Gasteiger partial charge in [0.15, 0.2) is 17.5 Å². The normalized spacial score (nSPS) is 19.5. The molecular weight excluding hydrogens is 515 g/mol. The molecule has 0 bridgehead atoms. The van der Waals surface area contributed by atoms with E-state index in [2.05, 4.69) is 31.9 Å². The molecule has 4 aromatic rings. The van der Waals surface area contributed by atoms with Gasteiger partial charge in [-0.05, 0) is 63.3 Å². The summed E-state index contributed by atoms with van der Waals surface area (Å²) in [5, 5.41) is 23.7. The summed E-state index contributed by atoms with van der Waals surface area (Å²) in [6, 6.07) is 10.7. The van der Waals surface area contributed by atoms with Crippen LogP contribution in [0.1, 0.15) is 67.1 Å². The first kappa shape index (κ1) is 27.0. The lowest BCUT2D eigenvalue weighted by Gasteiger charge is -2.38. The Morgan fingerprint density at radius 3 is 2.65 bits per heavy atom. The topological polar surface area (TPSA) is 144 Å². The second-order valence-corrected chi connectivity index (χ2v) is 9.91. The zero-order valence-electron chi connectivity index (χ0n) is 22.4. The lowest BCUT2D eigenvalue weighted by molar-refractivity contribution is -0.148. The number of amides is 1. The molecule has 1 aliphatic rings. The van der Waals surface area contributed by atoms with E-state index in [1.807, 2.05) is 13.0 Å².